The predicted octanol–water partition coefficient (Wildman–Crippen LogP) is 2.06. The summed E-state index contributed by atoms with van der Waals surface area (Å²) in [6.07, 6.45) is 0. The van der Waals surface area contributed by atoms with Gasteiger partial charge < -0.3 is 10.5 Å². The molecule has 0 aliphatic heterocycles. The molecule has 20 heavy (non-hydrogen) atoms. The van der Waals surface area contributed by atoms with Crippen LogP contribution >= 0.6 is 0 Å². The van der Waals surface area contributed by atoms with Crippen molar-refractivity contribution in [1.82, 2.24) is 4.72 Å². The van der Waals surface area contributed by atoms with E-state index in [2.05, 4.69) is 4.72 Å². The van der Waals surface area contributed by atoms with Gasteiger partial charge in [-0.3, -0.25) is 0 Å². The fourth-order valence-corrected chi connectivity index (χ4v) is 2.81. The molecular formula is C14H16N2O3S+. The molecule has 3 N–H and O–H groups in total. The van der Waals surface area contributed by atoms with E-state index in [1.807, 2.05) is 30.3 Å². The number of sulfonamides is 1. The minimum absolute atomic E-state index is 0.0831. The molecule has 0 fully saturated rings. The lowest BCUT2D eigenvalue weighted by atomic mass is 10.3. The Morgan fingerprint density at radius 1 is 1.05 bits per heavy atom. The maximum Gasteiger partial charge on any atom is 0.368 e. The molecule has 0 spiro atoms. The van der Waals surface area contributed by atoms with Crippen molar-refractivity contribution in [3.8, 4) is 5.75 Å². The summed E-state index contributed by atoms with van der Waals surface area (Å²) in [7, 11) is -3.60. The second kappa shape index (κ2) is 6.51. The Labute approximate surface area is 119 Å². The average molecular weight is 292 g/mol. The van der Waals surface area contributed by atoms with Crippen LogP contribution in [-0.4, -0.2) is 13.2 Å². The third-order valence-electron chi connectivity index (χ3n) is 2.61. The molecule has 105 valence electrons. The Morgan fingerprint density at radius 2 is 1.70 bits per heavy atom. The SMILES string of the molecule is Nc1ccccc1[S+]([O])(=O)NCCOc1ccccc1. The number of para-hydroxylation sites is 2. The Balaban J connectivity index is 1.87. The van der Waals surface area contributed by atoms with Crippen LogP contribution < -0.4 is 15.2 Å². The number of nitrogens with two attached hydrogens (primary N) is 1. The van der Waals surface area contributed by atoms with Crippen molar-refractivity contribution in [3.05, 3.63) is 54.6 Å². The van der Waals surface area contributed by atoms with Gasteiger partial charge in [0.25, 0.3) is 0 Å². The van der Waals surface area contributed by atoms with Gasteiger partial charge in [0.1, 0.15) is 12.4 Å². The van der Waals surface area contributed by atoms with Gasteiger partial charge in [0.2, 0.25) is 4.90 Å². The Kier molecular flexibility index (Phi) is 4.73. The highest BCUT2D eigenvalue weighted by Gasteiger charge is 2.34. The first-order valence-electron chi connectivity index (χ1n) is 6.11. The predicted molar refractivity (Wildman–Crippen MR) is 77.8 cm³/mol. The molecule has 0 heterocycles. The maximum absolute atomic E-state index is 12.0. The van der Waals surface area contributed by atoms with Crippen molar-refractivity contribution in [2.45, 2.75) is 4.90 Å². The van der Waals surface area contributed by atoms with Crippen LogP contribution in [0.5, 0.6) is 5.75 Å². The molecule has 1 atom stereocenters. The van der Waals surface area contributed by atoms with E-state index in [0.717, 1.165) is 0 Å². The summed E-state index contributed by atoms with van der Waals surface area (Å²) in [4.78, 5) is 0.0831. The van der Waals surface area contributed by atoms with Crippen LogP contribution in [0.2, 0.25) is 0 Å². The number of rotatable bonds is 6. The first kappa shape index (κ1) is 14.5. The van der Waals surface area contributed by atoms with Crippen LogP contribution in [0.3, 0.4) is 0 Å². The molecular weight excluding hydrogens is 276 g/mol. The molecule has 0 aromatic heterocycles. The van der Waals surface area contributed by atoms with Gasteiger partial charge in [0.15, 0.2) is 0 Å². The number of hydrogen-bond acceptors (Lipinski definition) is 3. The molecule has 1 radical (unpaired) electrons. The van der Waals surface area contributed by atoms with Crippen LogP contribution in [-0.2, 0) is 19.2 Å². The summed E-state index contributed by atoms with van der Waals surface area (Å²) >= 11 is 0. The average Bonchev–Trinajstić information content (AvgIpc) is 2.45. The van der Waals surface area contributed by atoms with Crippen LogP contribution in [0.15, 0.2) is 59.5 Å². The smallest absolute Gasteiger partial charge is 0.368 e. The molecule has 0 aliphatic carbocycles. The van der Waals surface area contributed by atoms with Gasteiger partial charge >= 0.3 is 10.4 Å². The molecule has 2 rings (SSSR count). The van der Waals surface area contributed by atoms with Crippen molar-refractivity contribution in [1.29, 1.82) is 0 Å². The molecule has 6 heteroatoms. The van der Waals surface area contributed by atoms with Crippen LogP contribution in [0.1, 0.15) is 0 Å². The van der Waals surface area contributed by atoms with Gasteiger partial charge in [-0.25, -0.2) is 0 Å². The minimum Gasteiger partial charge on any atom is -0.492 e. The van der Waals surface area contributed by atoms with Crippen molar-refractivity contribution in [3.63, 3.8) is 0 Å². The Bertz CT molecular complexity index is 604. The van der Waals surface area contributed by atoms with Gasteiger partial charge in [0, 0.05) is 6.07 Å². The van der Waals surface area contributed by atoms with E-state index >= 15 is 0 Å². The summed E-state index contributed by atoms with van der Waals surface area (Å²) in [5.41, 5.74) is 5.88. The van der Waals surface area contributed by atoms with E-state index in [0.29, 0.717) is 5.75 Å². The lowest BCUT2D eigenvalue weighted by Gasteiger charge is -2.07. The quantitative estimate of drug-likeness (QED) is 0.485. The van der Waals surface area contributed by atoms with E-state index in [1.54, 1.807) is 18.2 Å². The van der Waals surface area contributed by atoms with Gasteiger partial charge in [-0.2, -0.15) is 0 Å². The number of benzene rings is 2. The Morgan fingerprint density at radius 3 is 2.40 bits per heavy atom. The zero-order chi connectivity index (χ0) is 14.4. The zero-order valence-corrected chi connectivity index (χ0v) is 11.6. The van der Waals surface area contributed by atoms with Gasteiger partial charge in [-0.1, -0.05) is 35.1 Å². The first-order valence-corrected chi connectivity index (χ1v) is 7.60. The van der Waals surface area contributed by atoms with Crippen LogP contribution in [0, 0.1) is 0 Å². The van der Waals surface area contributed by atoms with Crippen LogP contribution in [0.25, 0.3) is 0 Å². The molecule has 5 nitrogen and oxygen atoms in total. The van der Waals surface area contributed by atoms with Gasteiger partial charge in [-0.15, -0.1) is 0 Å². The van der Waals surface area contributed by atoms with Gasteiger partial charge in [0.05, 0.1) is 16.8 Å². The van der Waals surface area contributed by atoms with Crippen LogP contribution in [0.4, 0.5) is 5.69 Å². The highest BCUT2D eigenvalue weighted by atomic mass is 32.3. The molecule has 1 unspecified atom stereocenters. The summed E-state index contributed by atoms with van der Waals surface area (Å²) in [5.74, 6) is 0.700. The summed E-state index contributed by atoms with van der Waals surface area (Å²) in [5, 5.41) is 0. The Hall–Kier alpha value is -1.89. The highest BCUT2D eigenvalue weighted by molar-refractivity contribution is 7.95. The maximum atomic E-state index is 12.0. The number of nitrogens with one attached hydrogen (secondary N) is 1. The standard InChI is InChI=1S/C14H16N2O3S/c15-13-8-4-5-9-14(13)20(17,18)16-10-11-19-12-6-2-1-3-7-12/h1-9H,10-11,15H2,(H,16,17)/q+1. The second-order valence-corrected chi connectivity index (χ2v) is 5.83. The fourth-order valence-electron chi connectivity index (χ4n) is 1.66. The fraction of sp³-hybridized carbons (Fsp3) is 0.143. The van der Waals surface area contributed by atoms with E-state index in [1.165, 1.54) is 6.07 Å². The third-order valence-corrected chi connectivity index (χ3v) is 4.15. The van der Waals surface area contributed by atoms with E-state index in [9.17, 15) is 8.76 Å². The highest BCUT2D eigenvalue weighted by Crippen LogP contribution is 2.21. The lowest BCUT2D eigenvalue weighted by Crippen LogP contribution is -2.33. The molecule has 0 saturated heterocycles. The molecule has 0 aliphatic rings. The zero-order valence-electron chi connectivity index (χ0n) is 10.8. The summed E-state index contributed by atoms with van der Waals surface area (Å²) in [6.45, 7) is 0.418. The number of anilines is 1. The summed E-state index contributed by atoms with van der Waals surface area (Å²) < 4.78 is 31.9. The van der Waals surface area contributed by atoms with Crippen molar-refractivity contribution in [2.24, 2.45) is 0 Å². The monoisotopic (exact) mass is 292 g/mol. The van der Waals surface area contributed by atoms with E-state index in [-0.39, 0.29) is 23.7 Å². The molecule has 0 bridgehead atoms. The molecule has 2 aromatic rings. The number of nitrogen functional groups attached to an aromatic ring is 1. The topological polar surface area (TPSA) is 84.2 Å². The number of ether oxygens (including phenoxy) is 1. The van der Waals surface area contributed by atoms with E-state index < -0.39 is 10.4 Å². The molecule has 0 saturated carbocycles. The van der Waals surface area contributed by atoms with Crippen molar-refractivity contribution >= 4 is 16.1 Å². The second-order valence-electron chi connectivity index (χ2n) is 4.10. The van der Waals surface area contributed by atoms with Crippen molar-refractivity contribution in [2.75, 3.05) is 18.9 Å². The first-order chi connectivity index (χ1) is 9.59. The lowest BCUT2D eigenvalue weighted by molar-refractivity contribution is 0.318. The summed E-state index contributed by atoms with van der Waals surface area (Å²) in [6, 6.07) is 15.5. The minimum atomic E-state index is -3.60. The van der Waals surface area contributed by atoms with E-state index in [4.69, 9.17) is 10.5 Å². The largest absolute Gasteiger partial charge is 0.492 e. The van der Waals surface area contributed by atoms with Crippen molar-refractivity contribution < 1.29 is 13.5 Å². The third kappa shape index (κ3) is 3.80. The van der Waals surface area contributed by atoms with Gasteiger partial charge in [-0.05, 0) is 22.4 Å². The normalized spacial score (nSPS) is 13.7. The number of hydrogen-bond donors (Lipinski definition) is 2. The molecule has 0 amide bonds. The molecule has 2 aromatic carbocycles.